The first-order valence-corrected chi connectivity index (χ1v) is 9.39. The number of benzene rings is 3. The molecule has 0 amide bonds. The maximum absolute atomic E-state index is 12.1. The quantitative estimate of drug-likeness (QED) is 0.267. The molecule has 0 fully saturated rings. The van der Waals surface area contributed by atoms with Crippen LogP contribution in [0.4, 0.5) is 0 Å². The molecule has 0 saturated heterocycles. The van der Waals surface area contributed by atoms with E-state index in [1.807, 2.05) is 48.5 Å². The van der Waals surface area contributed by atoms with Gasteiger partial charge in [-0.25, -0.2) is 9.78 Å². The normalized spacial score (nSPS) is 10.8. The fourth-order valence-electron chi connectivity index (χ4n) is 2.70. The first-order valence-electron chi connectivity index (χ1n) is 8.57. The average molecular weight is 382 g/mol. The summed E-state index contributed by atoms with van der Waals surface area (Å²) in [6, 6.07) is 24.5. The number of fused-ring (bicyclic) bond motifs is 1. The zero-order chi connectivity index (χ0) is 19.3. The van der Waals surface area contributed by atoms with Gasteiger partial charge < -0.3 is 4.74 Å². The summed E-state index contributed by atoms with van der Waals surface area (Å²) in [6.07, 6.45) is 3.05. The van der Waals surface area contributed by atoms with E-state index >= 15 is 0 Å². The Morgan fingerprint density at radius 3 is 2.32 bits per heavy atom. The van der Waals surface area contributed by atoms with Crippen molar-refractivity contribution in [2.75, 3.05) is 0 Å². The van der Waals surface area contributed by atoms with E-state index in [0.717, 1.165) is 26.4 Å². The van der Waals surface area contributed by atoms with Gasteiger partial charge in [-0.15, -0.1) is 11.3 Å². The van der Waals surface area contributed by atoms with Crippen molar-refractivity contribution in [2.45, 2.75) is 0 Å². The molecule has 0 N–H and O–H groups in total. The second-order valence-corrected chi connectivity index (χ2v) is 7.05. The summed E-state index contributed by atoms with van der Waals surface area (Å²) in [7, 11) is 0. The summed E-state index contributed by atoms with van der Waals surface area (Å²) >= 11 is 1.52. The minimum atomic E-state index is -0.453. The Kier molecular flexibility index (Phi) is 4.96. The minimum absolute atomic E-state index is 0.453. The van der Waals surface area contributed by atoms with E-state index in [4.69, 9.17) is 10.00 Å². The summed E-state index contributed by atoms with van der Waals surface area (Å²) in [5, 5.41) is 9.62. The molecule has 0 unspecified atom stereocenters. The molecule has 0 radical (unpaired) electrons. The largest absolute Gasteiger partial charge is 0.423 e. The Morgan fingerprint density at radius 2 is 1.64 bits per heavy atom. The summed E-state index contributed by atoms with van der Waals surface area (Å²) in [6.45, 7) is 0. The van der Waals surface area contributed by atoms with Crippen molar-refractivity contribution < 1.29 is 9.53 Å². The van der Waals surface area contributed by atoms with Gasteiger partial charge in [0.25, 0.3) is 0 Å². The molecule has 1 aromatic heterocycles. The number of hydrogen-bond acceptors (Lipinski definition) is 5. The predicted octanol–water partition coefficient (Wildman–Crippen LogP) is 5.45. The molecule has 0 aliphatic heterocycles. The Balaban J connectivity index is 1.42. The van der Waals surface area contributed by atoms with E-state index in [-0.39, 0.29) is 0 Å². The second kappa shape index (κ2) is 7.87. The third kappa shape index (κ3) is 3.98. The number of rotatable bonds is 4. The number of ether oxygens (including phenoxy) is 1. The molecule has 4 nitrogen and oxygen atoms in total. The van der Waals surface area contributed by atoms with Crippen LogP contribution in [0.25, 0.3) is 27.4 Å². The summed E-state index contributed by atoms with van der Waals surface area (Å²) in [5.74, 6) is 0.0155. The number of aromatic nitrogens is 1. The van der Waals surface area contributed by atoms with Crippen molar-refractivity contribution in [3.63, 3.8) is 0 Å². The van der Waals surface area contributed by atoms with Gasteiger partial charge in [-0.3, -0.25) is 0 Å². The van der Waals surface area contributed by atoms with Gasteiger partial charge in [0.1, 0.15) is 10.8 Å². The van der Waals surface area contributed by atoms with Crippen molar-refractivity contribution in [1.82, 2.24) is 4.98 Å². The highest BCUT2D eigenvalue weighted by molar-refractivity contribution is 7.19. The average Bonchev–Trinajstić information content (AvgIpc) is 3.16. The number of nitrogens with zero attached hydrogens (tertiary/aromatic N) is 2. The van der Waals surface area contributed by atoms with Crippen molar-refractivity contribution in [1.29, 1.82) is 5.26 Å². The van der Waals surface area contributed by atoms with Crippen molar-refractivity contribution in [2.24, 2.45) is 0 Å². The van der Waals surface area contributed by atoms with E-state index in [1.165, 1.54) is 17.4 Å². The number of para-hydroxylation sites is 1. The third-order valence-electron chi connectivity index (χ3n) is 4.09. The van der Waals surface area contributed by atoms with Crippen molar-refractivity contribution >= 4 is 33.6 Å². The van der Waals surface area contributed by atoms with E-state index in [9.17, 15) is 4.79 Å². The lowest BCUT2D eigenvalue weighted by Crippen LogP contribution is -2.03. The number of hydrogen-bond donors (Lipinski definition) is 0. The Labute approximate surface area is 166 Å². The molecule has 3 aromatic carbocycles. The lowest BCUT2D eigenvalue weighted by molar-refractivity contribution is -0.128. The van der Waals surface area contributed by atoms with Gasteiger partial charge in [-0.2, -0.15) is 5.26 Å². The van der Waals surface area contributed by atoms with Crippen LogP contribution in [-0.4, -0.2) is 11.0 Å². The molecule has 134 valence electrons. The van der Waals surface area contributed by atoms with E-state index in [1.54, 1.807) is 30.3 Å². The summed E-state index contributed by atoms with van der Waals surface area (Å²) in [4.78, 5) is 16.5. The Morgan fingerprint density at radius 1 is 0.964 bits per heavy atom. The molecule has 4 rings (SSSR count). The lowest BCUT2D eigenvalue weighted by atomic mass is 10.0. The molecular formula is C23H14N2O2S. The fraction of sp³-hybridized carbons (Fsp3) is 0. The Bertz CT molecular complexity index is 1170. The highest BCUT2D eigenvalue weighted by Crippen LogP contribution is 2.24. The zero-order valence-electron chi connectivity index (χ0n) is 14.7. The van der Waals surface area contributed by atoms with E-state index < -0.39 is 5.97 Å². The number of nitriles is 1. The monoisotopic (exact) mass is 382 g/mol. The molecule has 4 aromatic rings. The van der Waals surface area contributed by atoms with Gasteiger partial charge in [0.05, 0.1) is 21.8 Å². The molecule has 5 heteroatoms. The third-order valence-corrected chi connectivity index (χ3v) is 5.09. The van der Waals surface area contributed by atoms with Crippen LogP contribution in [0.2, 0.25) is 0 Å². The van der Waals surface area contributed by atoms with Crippen LogP contribution in [-0.2, 0) is 4.79 Å². The maximum Gasteiger partial charge on any atom is 0.336 e. The second-order valence-electron chi connectivity index (χ2n) is 5.99. The van der Waals surface area contributed by atoms with Crippen LogP contribution < -0.4 is 4.74 Å². The van der Waals surface area contributed by atoms with Gasteiger partial charge in [-0.05, 0) is 53.6 Å². The molecule has 0 saturated carbocycles. The van der Waals surface area contributed by atoms with Crippen LogP contribution >= 0.6 is 11.3 Å². The molecule has 1 heterocycles. The summed E-state index contributed by atoms with van der Waals surface area (Å²) < 4.78 is 6.42. The molecule has 28 heavy (non-hydrogen) atoms. The Hall–Kier alpha value is -3.75. The van der Waals surface area contributed by atoms with Gasteiger partial charge >= 0.3 is 5.97 Å². The number of esters is 1. The van der Waals surface area contributed by atoms with Gasteiger partial charge in [0, 0.05) is 6.08 Å². The molecular weight excluding hydrogens is 368 g/mol. The number of thiazole rings is 1. The zero-order valence-corrected chi connectivity index (χ0v) is 15.5. The standard InChI is InChI=1S/C23H14N2O2S/c24-15-16-5-7-17(8-6-16)18-9-11-19(12-10-18)27-23(26)14-13-22-25-20-3-1-2-4-21(20)28-22/h1-14H/b14-13+. The topological polar surface area (TPSA) is 63.0 Å². The lowest BCUT2D eigenvalue weighted by Gasteiger charge is -2.04. The molecule has 0 aliphatic carbocycles. The highest BCUT2D eigenvalue weighted by Gasteiger charge is 2.04. The smallest absolute Gasteiger partial charge is 0.336 e. The SMILES string of the molecule is N#Cc1ccc(-c2ccc(OC(=O)/C=C/c3nc4ccccc4s3)cc2)cc1. The van der Waals surface area contributed by atoms with Gasteiger partial charge in [0.2, 0.25) is 0 Å². The van der Waals surface area contributed by atoms with Crippen molar-refractivity contribution in [3.05, 3.63) is 89.4 Å². The first kappa shape index (κ1) is 17.7. The molecule has 0 spiro atoms. The number of carbonyl (C=O) groups excluding carboxylic acids is 1. The van der Waals surface area contributed by atoms with E-state index in [0.29, 0.717) is 11.3 Å². The van der Waals surface area contributed by atoms with Crippen LogP contribution in [0.3, 0.4) is 0 Å². The highest BCUT2D eigenvalue weighted by atomic mass is 32.1. The van der Waals surface area contributed by atoms with Crippen molar-refractivity contribution in [3.8, 4) is 22.9 Å². The van der Waals surface area contributed by atoms with E-state index in [2.05, 4.69) is 11.1 Å². The van der Waals surface area contributed by atoms with Gasteiger partial charge in [0.15, 0.2) is 0 Å². The molecule has 0 aliphatic rings. The maximum atomic E-state index is 12.1. The minimum Gasteiger partial charge on any atom is -0.423 e. The first-order chi connectivity index (χ1) is 13.7. The molecule has 0 bridgehead atoms. The molecule has 0 atom stereocenters. The number of carbonyl (C=O) groups is 1. The van der Waals surface area contributed by atoms with Crippen LogP contribution in [0.1, 0.15) is 10.6 Å². The van der Waals surface area contributed by atoms with Crippen LogP contribution in [0.15, 0.2) is 78.9 Å². The van der Waals surface area contributed by atoms with Crippen LogP contribution in [0.5, 0.6) is 5.75 Å². The predicted molar refractivity (Wildman–Crippen MR) is 111 cm³/mol. The fourth-order valence-corrected chi connectivity index (χ4v) is 3.57. The van der Waals surface area contributed by atoms with Gasteiger partial charge in [-0.1, -0.05) is 36.4 Å². The van der Waals surface area contributed by atoms with Crippen LogP contribution in [0, 0.1) is 11.3 Å². The summed E-state index contributed by atoms with van der Waals surface area (Å²) in [5.41, 5.74) is 3.51.